The smallest absolute Gasteiger partial charge is 0.159 e. The van der Waals surface area contributed by atoms with Crippen molar-refractivity contribution in [2.24, 2.45) is 5.73 Å². The minimum absolute atomic E-state index is 0.0793. The highest BCUT2D eigenvalue weighted by Gasteiger charge is 2.37. The summed E-state index contributed by atoms with van der Waals surface area (Å²) in [4.78, 5) is 12.0. The van der Waals surface area contributed by atoms with Gasteiger partial charge in [-0.25, -0.2) is 0 Å². The third-order valence-electron chi connectivity index (χ3n) is 3.05. The summed E-state index contributed by atoms with van der Waals surface area (Å²) in [6, 6.07) is 7.97. The molecule has 1 fully saturated rings. The molecule has 1 aliphatic heterocycles. The van der Waals surface area contributed by atoms with Crippen LogP contribution in [0, 0.1) is 6.92 Å². The van der Waals surface area contributed by atoms with Crippen molar-refractivity contribution in [3.63, 3.8) is 0 Å². The molecular formula is C13H17NO2. The van der Waals surface area contributed by atoms with Gasteiger partial charge in [0.15, 0.2) is 5.78 Å². The van der Waals surface area contributed by atoms with Gasteiger partial charge in [-0.15, -0.1) is 0 Å². The molecule has 2 rings (SSSR count). The van der Waals surface area contributed by atoms with Crippen molar-refractivity contribution >= 4 is 5.78 Å². The third kappa shape index (κ3) is 2.31. The van der Waals surface area contributed by atoms with Crippen LogP contribution in [0.1, 0.15) is 17.5 Å². The molecule has 1 atom stereocenters. The Hall–Kier alpha value is -1.19. The summed E-state index contributed by atoms with van der Waals surface area (Å²) in [6.07, 6.45) is 1.04. The number of hydrogen-bond acceptors (Lipinski definition) is 3. The van der Waals surface area contributed by atoms with Crippen molar-refractivity contribution in [3.8, 4) is 0 Å². The molecule has 1 aromatic carbocycles. The van der Waals surface area contributed by atoms with Crippen molar-refractivity contribution in [3.05, 3.63) is 35.4 Å². The van der Waals surface area contributed by atoms with Crippen molar-refractivity contribution in [2.45, 2.75) is 25.3 Å². The summed E-state index contributed by atoms with van der Waals surface area (Å²) in [5.74, 6) is 0.0793. The molecule has 1 aliphatic rings. The molecule has 0 bridgehead atoms. The molecule has 0 saturated carbocycles. The summed E-state index contributed by atoms with van der Waals surface area (Å²) in [6.45, 7) is 2.97. The first-order chi connectivity index (χ1) is 7.60. The minimum Gasteiger partial charge on any atom is -0.379 e. The Morgan fingerprint density at radius 3 is 3.00 bits per heavy atom. The molecular weight excluding hydrogens is 202 g/mol. The normalized spacial score (nSPS) is 24.6. The van der Waals surface area contributed by atoms with Crippen LogP contribution in [0.5, 0.6) is 0 Å². The van der Waals surface area contributed by atoms with Crippen LogP contribution in [0.3, 0.4) is 0 Å². The molecule has 0 amide bonds. The second kappa shape index (κ2) is 4.36. The van der Waals surface area contributed by atoms with Crippen LogP contribution in [0.4, 0.5) is 0 Å². The van der Waals surface area contributed by atoms with Gasteiger partial charge in [0.1, 0.15) is 5.54 Å². The van der Waals surface area contributed by atoms with E-state index in [1.807, 2.05) is 31.2 Å². The number of ether oxygens (including phenoxy) is 1. The van der Waals surface area contributed by atoms with Gasteiger partial charge in [0.25, 0.3) is 0 Å². The zero-order valence-electron chi connectivity index (χ0n) is 9.53. The molecule has 3 heteroatoms. The zero-order chi connectivity index (χ0) is 11.6. The van der Waals surface area contributed by atoms with Crippen molar-refractivity contribution in [2.75, 3.05) is 13.2 Å². The van der Waals surface area contributed by atoms with Crippen LogP contribution < -0.4 is 5.73 Å². The molecule has 0 radical (unpaired) electrons. The average Bonchev–Trinajstić information content (AvgIpc) is 2.66. The highest BCUT2D eigenvalue weighted by Crippen LogP contribution is 2.19. The molecule has 16 heavy (non-hydrogen) atoms. The second-order valence-corrected chi connectivity index (χ2v) is 4.55. The molecule has 1 heterocycles. The first kappa shape index (κ1) is 11.3. The predicted octanol–water partition coefficient (Wildman–Crippen LogP) is 1.22. The average molecular weight is 219 g/mol. The zero-order valence-corrected chi connectivity index (χ0v) is 9.53. The first-order valence-electron chi connectivity index (χ1n) is 5.56. The first-order valence-corrected chi connectivity index (χ1v) is 5.56. The minimum atomic E-state index is -0.760. The fraction of sp³-hybridized carbons (Fsp3) is 0.462. The number of rotatable bonds is 3. The number of Topliss-reactive ketones (excluding diaryl/α,β-unsaturated/α-hetero) is 1. The third-order valence-corrected chi connectivity index (χ3v) is 3.05. The summed E-state index contributed by atoms with van der Waals surface area (Å²) in [7, 11) is 0. The Kier molecular flexibility index (Phi) is 3.08. The number of hydrogen-bond donors (Lipinski definition) is 1. The summed E-state index contributed by atoms with van der Waals surface area (Å²) in [5.41, 5.74) is 7.45. The van der Waals surface area contributed by atoms with E-state index in [0.717, 1.165) is 5.56 Å². The second-order valence-electron chi connectivity index (χ2n) is 4.55. The lowest BCUT2D eigenvalue weighted by Crippen LogP contribution is -2.49. The van der Waals surface area contributed by atoms with E-state index >= 15 is 0 Å². The maximum absolute atomic E-state index is 12.0. The highest BCUT2D eigenvalue weighted by molar-refractivity contribution is 5.90. The lowest BCUT2D eigenvalue weighted by Gasteiger charge is -2.19. The largest absolute Gasteiger partial charge is 0.379 e. The Labute approximate surface area is 95.6 Å². The van der Waals surface area contributed by atoms with Crippen LogP contribution in [0.2, 0.25) is 0 Å². The van der Waals surface area contributed by atoms with E-state index < -0.39 is 5.54 Å². The van der Waals surface area contributed by atoms with E-state index in [2.05, 4.69) is 0 Å². The van der Waals surface area contributed by atoms with E-state index in [-0.39, 0.29) is 5.78 Å². The SMILES string of the molecule is Cc1cccc(CC(=O)C2(N)CCOC2)c1. The molecule has 0 aliphatic carbocycles. The van der Waals surface area contributed by atoms with Gasteiger partial charge in [0, 0.05) is 13.0 Å². The molecule has 3 nitrogen and oxygen atoms in total. The van der Waals surface area contributed by atoms with Crippen molar-refractivity contribution in [1.29, 1.82) is 0 Å². The van der Waals surface area contributed by atoms with Crippen LogP contribution in [-0.4, -0.2) is 24.5 Å². The maximum atomic E-state index is 12.0. The van der Waals surface area contributed by atoms with Gasteiger partial charge in [-0.1, -0.05) is 29.8 Å². The van der Waals surface area contributed by atoms with Gasteiger partial charge in [-0.2, -0.15) is 0 Å². The van der Waals surface area contributed by atoms with Gasteiger partial charge < -0.3 is 10.5 Å². The number of ketones is 1. The number of benzene rings is 1. The van der Waals surface area contributed by atoms with E-state index in [1.165, 1.54) is 5.56 Å². The van der Waals surface area contributed by atoms with E-state index in [9.17, 15) is 4.79 Å². The number of carbonyl (C=O) groups is 1. The number of nitrogens with two attached hydrogens (primary N) is 1. The number of carbonyl (C=O) groups excluding carboxylic acids is 1. The Balaban J connectivity index is 2.07. The van der Waals surface area contributed by atoms with E-state index in [4.69, 9.17) is 10.5 Å². The Bertz CT molecular complexity index is 395. The van der Waals surface area contributed by atoms with Gasteiger partial charge >= 0.3 is 0 Å². The fourth-order valence-electron chi connectivity index (χ4n) is 1.98. The topological polar surface area (TPSA) is 52.3 Å². The molecule has 1 saturated heterocycles. The lowest BCUT2D eigenvalue weighted by atomic mass is 9.90. The van der Waals surface area contributed by atoms with E-state index in [1.54, 1.807) is 0 Å². The predicted molar refractivity (Wildman–Crippen MR) is 62.2 cm³/mol. The van der Waals surface area contributed by atoms with E-state index in [0.29, 0.717) is 26.1 Å². The van der Waals surface area contributed by atoms with Crippen LogP contribution in [0.25, 0.3) is 0 Å². The Morgan fingerprint density at radius 1 is 1.56 bits per heavy atom. The van der Waals surface area contributed by atoms with Crippen molar-refractivity contribution in [1.82, 2.24) is 0 Å². The van der Waals surface area contributed by atoms with Crippen LogP contribution >= 0.6 is 0 Å². The number of aryl methyl sites for hydroxylation is 1. The molecule has 0 spiro atoms. The summed E-state index contributed by atoms with van der Waals surface area (Å²) in [5, 5.41) is 0. The fourth-order valence-corrected chi connectivity index (χ4v) is 1.98. The molecule has 1 aromatic rings. The van der Waals surface area contributed by atoms with Gasteiger partial charge in [-0.05, 0) is 18.9 Å². The quantitative estimate of drug-likeness (QED) is 0.831. The van der Waals surface area contributed by atoms with Gasteiger partial charge in [-0.3, -0.25) is 4.79 Å². The van der Waals surface area contributed by atoms with Gasteiger partial charge in [0.05, 0.1) is 6.61 Å². The monoisotopic (exact) mass is 219 g/mol. The summed E-state index contributed by atoms with van der Waals surface area (Å²) >= 11 is 0. The molecule has 86 valence electrons. The van der Waals surface area contributed by atoms with Crippen molar-refractivity contribution < 1.29 is 9.53 Å². The van der Waals surface area contributed by atoms with Gasteiger partial charge in [0.2, 0.25) is 0 Å². The van der Waals surface area contributed by atoms with Crippen LogP contribution in [-0.2, 0) is 16.0 Å². The standard InChI is InChI=1S/C13H17NO2/c1-10-3-2-4-11(7-10)8-12(15)13(14)5-6-16-9-13/h2-4,7H,5-6,8-9,14H2,1H3. The molecule has 2 N–H and O–H groups in total. The summed E-state index contributed by atoms with van der Waals surface area (Å²) < 4.78 is 5.20. The molecule has 1 unspecified atom stereocenters. The maximum Gasteiger partial charge on any atom is 0.159 e. The van der Waals surface area contributed by atoms with Crippen LogP contribution in [0.15, 0.2) is 24.3 Å². The Morgan fingerprint density at radius 2 is 2.38 bits per heavy atom. The highest BCUT2D eigenvalue weighted by atomic mass is 16.5. The lowest BCUT2D eigenvalue weighted by molar-refractivity contribution is -0.123. The molecule has 0 aromatic heterocycles.